The van der Waals surface area contributed by atoms with Crippen molar-refractivity contribution in [3.63, 3.8) is 0 Å². The Hall–Kier alpha value is -3.71. The summed E-state index contributed by atoms with van der Waals surface area (Å²) in [6.45, 7) is 2.97. The molecule has 0 radical (unpaired) electrons. The number of benzene rings is 1. The number of aromatic nitrogens is 4. The maximum atomic E-state index is 14.9. The van der Waals surface area contributed by atoms with Gasteiger partial charge in [0.2, 0.25) is 5.95 Å². The van der Waals surface area contributed by atoms with Gasteiger partial charge in [-0.25, -0.2) is 9.37 Å². The first-order chi connectivity index (χ1) is 18.0. The number of alkyl halides is 1. The van der Waals surface area contributed by atoms with Crippen molar-refractivity contribution >= 4 is 40.4 Å². The molecule has 2 N–H and O–H groups in total. The van der Waals surface area contributed by atoms with Gasteiger partial charge in [0, 0.05) is 25.7 Å². The van der Waals surface area contributed by atoms with E-state index in [4.69, 9.17) is 16.3 Å². The maximum absolute atomic E-state index is 14.9. The Balaban J connectivity index is 1.33. The lowest BCUT2D eigenvalue weighted by molar-refractivity contribution is -0.0668. The summed E-state index contributed by atoms with van der Waals surface area (Å²) in [5.74, 6) is 0.686. The van der Waals surface area contributed by atoms with Crippen molar-refractivity contribution in [1.29, 1.82) is 10.5 Å². The van der Waals surface area contributed by atoms with E-state index >= 15 is 0 Å². The molecule has 2 saturated heterocycles. The van der Waals surface area contributed by atoms with Crippen LogP contribution in [0.1, 0.15) is 24.1 Å². The largest absolute Gasteiger partial charge is 0.378 e. The number of nitrogens with one attached hydrogen (secondary N) is 2. The van der Waals surface area contributed by atoms with Crippen LogP contribution in [0.15, 0.2) is 18.3 Å². The Morgan fingerprint density at radius 3 is 2.68 bits per heavy atom. The lowest BCUT2D eigenvalue weighted by Crippen LogP contribution is -2.51. The summed E-state index contributed by atoms with van der Waals surface area (Å²) in [6.07, 6.45) is 2.43. The van der Waals surface area contributed by atoms with Crippen LogP contribution in [-0.4, -0.2) is 82.1 Å². The molecule has 3 aromatic rings. The average molecular weight is 523 g/mol. The second-order valence-corrected chi connectivity index (χ2v) is 9.89. The lowest BCUT2D eigenvalue weighted by Gasteiger charge is -2.36. The van der Waals surface area contributed by atoms with E-state index < -0.39 is 6.17 Å². The molecule has 2 aliphatic heterocycles. The third-order valence-electron chi connectivity index (χ3n) is 6.81. The van der Waals surface area contributed by atoms with Crippen molar-refractivity contribution in [3.8, 4) is 12.1 Å². The molecule has 1 aromatic carbocycles. The van der Waals surface area contributed by atoms with Crippen LogP contribution in [0.3, 0.4) is 0 Å². The van der Waals surface area contributed by atoms with Gasteiger partial charge < -0.3 is 20.3 Å². The standard InChI is InChI=1S/C24H24ClFN10O/c25-21-19(31-24-32-22(30-16-1-2-16)23-29-9-17(8-28)36(23)33-24)5-14(7-27)6-20(21)35-4-3-34(10-15(26)11-35)18-12-37-13-18/h5-6,9,15-16,18H,1-4,10-13H2,(H2,30,31,32,33). The Bertz CT molecular complexity index is 1420. The summed E-state index contributed by atoms with van der Waals surface area (Å²) in [4.78, 5) is 12.9. The number of nitrogens with zero attached hydrogens (tertiary/aromatic N) is 8. The molecule has 6 rings (SSSR count). The van der Waals surface area contributed by atoms with Gasteiger partial charge in [0.15, 0.2) is 17.2 Å². The van der Waals surface area contributed by atoms with Crippen LogP contribution in [0.4, 0.5) is 27.5 Å². The zero-order chi connectivity index (χ0) is 25.5. The van der Waals surface area contributed by atoms with Crippen molar-refractivity contribution in [3.05, 3.63) is 34.6 Å². The Morgan fingerprint density at radius 1 is 1.14 bits per heavy atom. The Morgan fingerprint density at radius 2 is 1.97 bits per heavy atom. The highest BCUT2D eigenvalue weighted by Gasteiger charge is 2.32. The topological polar surface area (TPSA) is 130 Å². The number of imidazole rings is 1. The van der Waals surface area contributed by atoms with E-state index in [1.54, 1.807) is 12.1 Å². The van der Waals surface area contributed by atoms with Crippen LogP contribution in [0.5, 0.6) is 0 Å². The van der Waals surface area contributed by atoms with Crippen molar-refractivity contribution in [1.82, 2.24) is 24.5 Å². The fraction of sp³-hybridized carbons (Fsp3) is 0.458. The molecule has 1 saturated carbocycles. The van der Waals surface area contributed by atoms with E-state index in [2.05, 4.69) is 42.7 Å². The van der Waals surface area contributed by atoms with Crippen LogP contribution in [0, 0.1) is 22.7 Å². The van der Waals surface area contributed by atoms with Crippen molar-refractivity contribution in [2.75, 3.05) is 54.9 Å². The van der Waals surface area contributed by atoms with Crippen molar-refractivity contribution in [2.24, 2.45) is 0 Å². The van der Waals surface area contributed by atoms with Gasteiger partial charge in [-0.3, -0.25) is 4.90 Å². The molecule has 3 fully saturated rings. The molecule has 37 heavy (non-hydrogen) atoms. The molecule has 0 amide bonds. The van der Waals surface area contributed by atoms with Crippen LogP contribution >= 0.6 is 11.6 Å². The van der Waals surface area contributed by atoms with Gasteiger partial charge in [0.25, 0.3) is 0 Å². The highest BCUT2D eigenvalue weighted by atomic mass is 35.5. The Kier molecular flexibility index (Phi) is 6.16. The van der Waals surface area contributed by atoms with Gasteiger partial charge in [-0.05, 0) is 25.0 Å². The number of rotatable bonds is 6. The minimum absolute atomic E-state index is 0.163. The van der Waals surface area contributed by atoms with Gasteiger partial charge in [0.05, 0.1) is 60.0 Å². The van der Waals surface area contributed by atoms with Gasteiger partial charge in [0.1, 0.15) is 12.2 Å². The maximum Gasteiger partial charge on any atom is 0.247 e. The summed E-state index contributed by atoms with van der Waals surface area (Å²) in [7, 11) is 0. The van der Waals surface area contributed by atoms with Crippen molar-refractivity contribution in [2.45, 2.75) is 31.1 Å². The molecule has 1 atom stereocenters. The van der Waals surface area contributed by atoms with Crippen LogP contribution in [0.25, 0.3) is 5.65 Å². The number of fused-ring (bicyclic) bond motifs is 1. The third kappa shape index (κ3) is 4.71. The fourth-order valence-electron chi connectivity index (χ4n) is 4.61. The summed E-state index contributed by atoms with van der Waals surface area (Å²) >= 11 is 6.84. The van der Waals surface area contributed by atoms with Gasteiger partial charge >= 0.3 is 0 Å². The molecular weight excluding hydrogens is 499 g/mol. The zero-order valence-electron chi connectivity index (χ0n) is 19.9. The summed E-state index contributed by atoms with van der Waals surface area (Å²) in [6, 6.07) is 8.07. The first kappa shape index (κ1) is 23.7. The molecule has 0 bridgehead atoms. The minimum Gasteiger partial charge on any atom is -0.378 e. The SMILES string of the molecule is N#Cc1cc(Nc2nc(NC3CC3)c3ncc(C#N)n3n2)c(Cl)c(N2CCN(C3COC3)CC(F)C2)c1. The number of hydrogen-bond donors (Lipinski definition) is 2. The van der Waals surface area contributed by atoms with Crippen LogP contribution in [-0.2, 0) is 4.74 Å². The summed E-state index contributed by atoms with van der Waals surface area (Å²) < 4.78 is 21.6. The van der Waals surface area contributed by atoms with Gasteiger partial charge in [-0.2, -0.15) is 20.0 Å². The summed E-state index contributed by atoms with van der Waals surface area (Å²) in [5, 5.41) is 30.4. The monoisotopic (exact) mass is 522 g/mol. The molecule has 2 aromatic heterocycles. The van der Waals surface area contributed by atoms with Gasteiger partial charge in [-0.1, -0.05) is 11.6 Å². The second kappa shape index (κ2) is 9.63. The average Bonchev–Trinajstić information content (AvgIpc) is 3.60. The van der Waals surface area contributed by atoms with E-state index in [1.807, 2.05) is 4.90 Å². The molecule has 3 aliphatic rings. The molecule has 11 nitrogen and oxygen atoms in total. The van der Waals surface area contributed by atoms with E-state index in [1.165, 1.54) is 10.7 Å². The van der Waals surface area contributed by atoms with Gasteiger partial charge in [-0.15, -0.1) is 5.10 Å². The molecule has 0 spiro atoms. The molecule has 190 valence electrons. The second-order valence-electron chi connectivity index (χ2n) is 9.52. The number of ether oxygens (including phenoxy) is 1. The number of anilines is 4. The molecule has 1 aliphatic carbocycles. The summed E-state index contributed by atoms with van der Waals surface area (Å²) in [5.41, 5.74) is 2.05. The van der Waals surface area contributed by atoms with Crippen molar-refractivity contribution < 1.29 is 9.13 Å². The number of nitriles is 2. The first-order valence-electron chi connectivity index (χ1n) is 12.2. The number of halogens is 2. The fourth-order valence-corrected chi connectivity index (χ4v) is 4.89. The first-order valence-corrected chi connectivity index (χ1v) is 12.5. The van der Waals surface area contributed by atoms with Crippen LogP contribution < -0.4 is 15.5 Å². The normalized spacial score (nSPS) is 20.6. The molecule has 1 unspecified atom stereocenters. The smallest absolute Gasteiger partial charge is 0.247 e. The highest BCUT2D eigenvalue weighted by Crippen LogP contribution is 2.37. The van der Waals surface area contributed by atoms with E-state index in [0.29, 0.717) is 72.3 Å². The minimum atomic E-state index is -1.08. The number of hydrogen-bond acceptors (Lipinski definition) is 10. The quantitative estimate of drug-likeness (QED) is 0.498. The molecule has 4 heterocycles. The predicted molar refractivity (Wildman–Crippen MR) is 135 cm³/mol. The Labute approximate surface area is 217 Å². The van der Waals surface area contributed by atoms with Crippen LogP contribution in [0.2, 0.25) is 5.02 Å². The molecule has 13 heteroatoms. The highest BCUT2D eigenvalue weighted by molar-refractivity contribution is 6.36. The van der Waals surface area contributed by atoms with E-state index in [0.717, 1.165) is 12.8 Å². The predicted octanol–water partition coefficient (Wildman–Crippen LogP) is 2.70. The zero-order valence-corrected chi connectivity index (χ0v) is 20.6. The molecular formula is C24H24ClFN10O. The third-order valence-corrected chi connectivity index (χ3v) is 7.21. The lowest BCUT2D eigenvalue weighted by atomic mass is 10.1. The van der Waals surface area contributed by atoms with E-state index in [-0.39, 0.29) is 24.2 Å². The van der Waals surface area contributed by atoms with E-state index in [9.17, 15) is 14.9 Å².